The van der Waals surface area contributed by atoms with E-state index in [4.69, 9.17) is 21.1 Å². The summed E-state index contributed by atoms with van der Waals surface area (Å²) < 4.78 is 78.5. The van der Waals surface area contributed by atoms with Crippen LogP contribution in [0.1, 0.15) is 49.7 Å². The maximum Gasteiger partial charge on any atom is 0.417 e. The molecule has 0 spiro atoms. The van der Waals surface area contributed by atoms with Crippen LogP contribution < -0.4 is 19.9 Å². The summed E-state index contributed by atoms with van der Waals surface area (Å²) in [6, 6.07) is 7.85. The lowest BCUT2D eigenvalue weighted by Crippen LogP contribution is -2.49. The van der Waals surface area contributed by atoms with Gasteiger partial charge in [0.2, 0.25) is 10.0 Å². The van der Waals surface area contributed by atoms with Gasteiger partial charge in [-0.2, -0.15) is 22.7 Å². The normalized spacial score (nSPS) is 18.3. The third kappa shape index (κ3) is 10.6. The number of alkyl halides is 3. The van der Waals surface area contributed by atoms with Crippen LogP contribution in [0.15, 0.2) is 49.1 Å². The average molecular weight is 820 g/mol. The molecule has 3 aliphatic rings. The zero-order chi connectivity index (χ0) is 39.8. The van der Waals surface area contributed by atoms with Gasteiger partial charge in [-0.15, -0.1) is 0 Å². The van der Waals surface area contributed by atoms with Gasteiger partial charge in [0, 0.05) is 77.8 Å². The number of nitrogens with zero attached hydrogens (tertiary/aromatic N) is 8. The summed E-state index contributed by atoms with van der Waals surface area (Å²) in [5, 5.41) is 12.4. The minimum atomic E-state index is -4.50. The molecule has 0 atom stereocenters. The summed E-state index contributed by atoms with van der Waals surface area (Å²) in [5.41, 5.74) is -1.27. The predicted molar refractivity (Wildman–Crippen MR) is 204 cm³/mol. The number of rotatable bonds is 14. The van der Waals surface area contributed by atoms with E-state index in [0.717, 1.165) is 57.7 Å². The molecule has 2 aromatic heterocycles. The van der Waals surface area contributed by atoms with Crippen molar-refractivity contribution in [2.24, 2.45) is 0 Å². The number of amides is 1. The Morgan fingerprint density at radius 1 is 0.929 bits per heavy atom. The summed E-state index contributed by atoms with van der Waals surface area (Å²) in [6.45, 7) is 5.38. The highest BCUT2D eigenvalue weighted by molar-refractivity contribution is 7.89. The smallest absolute Gasteiger partial charge is 0.417 e. The SMILES string of the molecule is N#Cc1ccc(OC2(C(=O)Nc3cnc(N4CCN(CCOCCCS(=O)(=O)N5CCN(c6cncc(C(F)(F)F)c6)CC5)CC4)cn3)CCCCC2)cc1Cl. The molecular formula is C37H45ClF3N9O5S. The van der Waals surface area contributed by atoms with Gasteiger partial charge in [-0.25, -0.2) is 18.4 Å². The molecule has 1 saturated carbocycles. The van der Waals surface area contributed by atoms with E-state index in [0.29, 0.717) is 67.7 Å². The fourth-order valence-corrected chi connectivity index (χ4v) is 8.78. The van der Waals surface area contributed by atoms with Crippen LogP contribution in [0.2, 0.25) is 5.02 Å². The second-order valence-electron chi connectivity index (χ2n) is 14.1. The maximum atomic E-state index is 13.6. The number of aromatic nitrogens is 3. The van der Waals surface area contributed by atoms with Crippen molar-refractivity contribution in [3.63, 3.8) is 0 Å². The Bertz CT molecular complexity index is 1950. The fourth-order valence-electron chi connectivity index (χ4n) is 7.10. The molecule has 2 saturated heterocycles. The lowest BCUT2D eigenvalue weighted by molar-refractivity contribution is -0.137. The Kier molecular flexibility index (Phi) is 13.5. The number of pyridine rings is 1. The van der Waals surface area contributed by atoms with E-state index in [1.54, 1.807) is 35.5 Å². The van der Waals surface area contributed by atoms with Gasteiger partial charge in [-0.05, 0) is 50.3 Å². The Labute approximate surface area is 329 Å². The van der Waals surface area contributed by atoms with E-state index in [2.05, 4.69) is 30.1 Å². The summed E-state index contributed by atoms with van der Waals surface area (Å²) in [5.74, 6) is 1.08. The number of sulfonamides is 1. The van der Waals surface area contributed by atoms with Crippen LogP contribution in [0.5, 0.6) is 5.75 Å². The summed E-state index contributed by atoms with van der Waals surface area (Å²) >= 11 is 6.21. The molecule has 4 heterocycles. The average Bonchev–Trinajstić information content (AvgIpc) is 3.20. The summed E-state index contributed by atoms with van der Waals surface area (Å²) in [7, 11) is -3.53. The minimum Gasteiger partial charge on any atom is -0.477 e. The monoisotopic (exact) mass is 819 g/mol. The van der Waals surface area contributed by atoms with Gasteiger partial charge in [-0.3, -0.25) is 14.7 Å². The van der Waals surface area contributed by atoms with Gasteiger partial charge in [-0.1, -0.05) is 18.0 Å². The molecule has 56 heavy (non-hydrogen) atoms. The first-order chi connectivity index (χ1) is 26.8. The van der Waals surface area contributed by atoms with Crippen molar-refractivity contribution in [1.29, 1.82) is 5.26 Å². The largest absolute Gasteiger partial charge is 0.477 e. The summed E-state index contributed by atoms with van der Waals surface area (Å²) in [6.07, 6.45) is 4.91. The molecule has 1 N–H and O–H groups in total. The number of halogens is 4. The van der Waals surface area contributed by atoms with Crippen molar-refractivity contribution in [2.75, 3.05) is 93.0 Å². The third-order valence-electron chi connectivity index (χ3n) is 10.3. The standard InChI is InChI=1S/C37H45ClF3N9O5S/c38-32-22-31(6-5-28(32)23-42)55-36(7-2-1-3-8-36)35(51)46-33-26-45-34(27-44-33)49-11-9-47(10-12-49)17-19-54-18-4-20-56(52,53)50-15-13-48(14-16-50)30-21-29(24-43-25-30)37(39,40)41/h5-6,21-22,24-27H,1-4,7-20H2,(H,44,46,51). The van der Waals surface area contributed by atoms with Gasteiger partial charge in [0.1, 0.15) is 17.6 Å². The van der Waals surface area contributed by atoms with E-state index in [-0.39, 0.29) is 42.9 Å². The van der Waals surface area contributed by atoms with E-state index < -0.39 is 27.4 Å². The number of ether oxygens (including phenoxy) is 2. The number of anilines is 3. The van der Waals surface area contributed by atoms with Crippen molar-refractivity contribution in [3.05, 3.63) is 65.2 Å². The topological polar surface area (TPSA) is 157 Å². The van der Waals surface area contributed by atoms with Crippen LogP contribution in [0, 0.1) is 11.3 Å². The molecule has 3 aromatic rings. The van der Waals surface area contributed by atoms with Gasteiger partial charge >= 0.3 is 6.18 Å². The molecule has 3 fully saturated rings. The van der Waals surface area contributed by atoms with E-state index in [9.17, 15) is 31.6 Å². The number of hydrogen-bond donors (Lipinski definition) is 1. The Hall–Kier alpha value is -4.28. The van der Waals surface area contributed by atoms with Crippen molar-refractivity contribution >= 4 is 44.9 Å². The van der Waals surface area contributed by atoms with E-state index >= 15 is 0 Å². The molecule has 2 aliphatic heterocycles. The first kappa shape index (κ1) is 41.4. The first-order valence-electron chi connectivity index (χ1n) is 18.7. The highest BCUT2D eigenvalue weighted by Gasteiger charge is 2.42. The molecule has 0 unspecified atom stereocenters. The molecule has 0 bridgehead atoms. The minimum absolute atomic E-state index is 0.0666. The molecule has 14 nitrogen and oxygen atoms in total. The van der Waals surface area contributed by atoms with E-state index in [1.165, 1.54) is 10.5 Å². The number of nitrogens with one attached hydrogen (secondary N) is 1. The zero-order valence-corrected chi connectivity index (χ0v) is 32.5. The van der Waals surface area contributed by atoms with Crippen LogP contribution in [-0.2, 0) is 25.7 Å². The Morgan fingerprint density at radius 3 is 2.32 bits per heavy atom. The van der Waals surface area contributed by atoms with Crippen LogP contribution in [0.25, 0.3) is 0 Å². The summed E-state index contributed by atoms with van der Waals surface area (Å²) in [4.78, 5) is 32.4. The van der Waals surface area contributed by atoms with Gasteiger partial charge < -0.3 is 24.6 Å². The maximum absolute atomic E-state index is 13.6. The third-order valence-corrected chi connectivity index (χ3v) is 12.6. The highest BCUT2D eigenvalue weighted by Crippen LogP contribution is 2.36. The number of piperazine rings is 2. The quantitative estimate of drug-likeness (QED) is 0.222. The fraction of sp³-hybridized carbons (Fsp3) is 0.541. The van der Waals surface area contributed by atoms with Crippen molar-refractivity contribution in [3.8, 4) is 11.8 Å². The van der Waals surface area contributed by atoms with Crippen LogP contribution in [0.3, 0.4) is 0 Å². The van der Waals surface area contributed by atoms with Crippen molar-refractivity contribution in [2.45, 2.75) is 50.3 Å². The molecule has 19 heteroatoms. The molecule has 1 aliphatic carbocycles. The number of nitriles is 1. The van der Waals surface area contributed by atoms with Crippen LogP contribution >= 0.6 is 11.6 Å². The lowest BCUT2D eigenvalue weighted by atomic mass is 9.83. The number of carbonyl (C=O) groups is 1. The molecule has 302 valence electrons. The van der Waals surface area contributed by atoms with Crippen LogP contribution in [-0.4, -0.2) is 122 Å². The Balaban J connectivity index is 0.875. The molecule has 1 amide bonds. The second-order valence-corrected chi connectivity index (χ2v) is 16.5. The molecule has 1 aromatic carbocycles. The number of benzene rings is 1. The van der Waals surface area contributed by atoms with Gasteiger partial charge in [0.15, 0.2) is 11.4 Å². The first-order valence-corrected chi connectivity index (χ1v) is 20.7. The highest BCUT2D eigenvalue weighted by atomic mass is 35.5. The van der Waals surface area contributed by atoms with E-state index in [1.807, 2.05) is 6.07 Å². The predicted octanol–water partition coefficient (Wildman–Crippen LogP) is 4.82. The van der Waals surface area contributed by atoms with Gasteiger partial charge in [0.25, 0.3) is 5.91 Å². The molecule has 6 rings (SSSR count). The van der Waals surface area contributed by atoms with Crippen molar-refractivity contribution < 1.29 is 35.9 Å². The van der Waals surface area contributed by atoms with Crippen LogP contribution in [0.4, 0.5) is 30.5 Å². The molecular weight excluding hydrogens is 775 g/mol. The molecule has 0 radical (unpaired) electrons. The van der Waals surface area contributed by atoms with Gasteiger partial charge in [0.05, 0.1) is 52.8 Å². The number of carbonyl (C=O) groups excluding carboxylic acids is 1. The Morgan fingerprint density at radius 2 is 1.66 bits per heavy atom. The lowest BCUT2D eigenvalue weighted by Gasteiger charge is -2.36. The van der Waals surface area contributed by atoms with Crippen molar-refractivity contribution in [1.82, 2.24) is 24.2 Å². The number of hydrogen-bond acceptors (Lipinski definition) is 12. The second kappa shape index (κ2) is 18.3. The zero-order valence-electron chi connectivity index (χ0n) is 30.9.